The summed E-state index contributed by atoms with van der Waals surface area (Å²) < 4.78 is 10.8. The SMILES string of the molecule is COc1ccc(/C(C)=N\N)cc1C[NH+]1CCOCC1. The molecule has 1 aliphatic rings. The highest BCUT2D eigenvalue weighted by atomic mass is 16.5. The molecule has 0 saturated carbocycles. The van der Waals surface area contributed by atoms with Gasteiger partial charge in [-0.2, -0.15) is 5.10 Å². The van der Waals surface area contributed by atoms with E-state index in [1.807, 2.05) is 19.1 Å². The molecule has 1 aliphatic heterocycles. The Hall–Kier alpha value is -1.59. The highest BCUT2D eigenvalue weighted by Gasteiger charge is 2.17. The molecule has 5 nitrogen and oxygen atoms in total. The zero-order valence-corrected chi connectivity index (χ0v) is 11.6. The minimum Gasteiger partial charge on any atom is -0.496 e. The third-order valence-electron chi connectivity index (χ3n) is 3.53. The first-order valence-electron chi connectivity index (χ1n) is 6.57. The summed E-state index contributed by atoms with van der Waals surface area (Å²) in [6.45, 7) is 6.60. The third-order valence-corrected chi connectivity index (χ3v) is 3.53. The Kier molecular flexibility index (Phi) is 4.76. The van der Waals surface area contributed by atoms with Crippen LogP contribution in [0.25, 0.3) is 0 Å². The van der Waals surface area contributed by atoms with E-state index in [-0.39, 0.29) is 0 Å². The number of benzene rings is 1. The smallest absolute Gasteiger partial charge is 0.127 e. The van der Waals surface area contributed by atoms with E-state index in [2.05, 4.69) is 11.2 Å². The number of hydrogen-bond donors (Lipinski definition) is 2. The summed E-state index contributed by atoms with van der Waals surface area (Å²) in [7, 11) is 1.71. The van der Waals surface area contributed by atoms with Crippen molar-refractivity contribution in [3.63, 3.8) is 0 Å². The molecule has 5 heteroatoms. The lowest BCUT2D eigenvalue weighted by Crippen LogP contribution is -3.12. The largest absolute Gasteiger partial charge is 0.496 e. The Labute approximate surface area is 114 Å². The van der Waals surface area contributed by atoms with Gasteiger partial charge in [-0.25, -0.2) is 0 Å². The highest BCUT2D eigenvalue weighted by Crippen LogP contribution is 2.19. The summed E-state index contributed by atoms with van der Waals surface area (Å²) in [4.78, 5) is 1.52. The van der Waals surface area contributed by atoms with Crippen molar-refractivity contribution in [3.8, 4) is 5.75 Å². The average Bonchev–Trinajstić information content (AvgIpc) is 2.47. The first-order chi connectivity index (χ1) is 9.24. The molecule has 0 unspecified atom stereocenters. The number of nitrogens with zero attached hydrogens (tertiary/aromatic N) is 1. The van der Waals surface area contributed by atoms with Crippen LogP contribution in [0.4, 0.5) is 0 Å². The maximum Gasteiger partial charge on any atom is 0.127 e. The predicted octanol–water partition coefficient (Wildman–Crippen LogP) is -0.207. The van der Waals surface area contributed by atoms with E-state index in [4.69, 9.17) is 15.3 Å². The molecule has 1 fully saturated rings. The van der Waals surface area contributed by atoms with Gasteiger partial charge in [0.2, 0.25) is 0 Å². The van der Waals surface area contributed by atoms with Crippen molar-refractivity contribution in [2.75, 3.05) is 33.4 Å². The molecular weight excluding hydrogens is 242 g/mol. The standard InChI is InChI=1S/C14H21N3O2/c1-11(16-15)12-3-4-14(18-2)13(9-12)10-17-5-7-19-8-6-17/h3-4,9H,5-8,10,15H2,1-2H3/p+1/b16-11-. The molecule has 0 bridgehead atoms. The van der Waals surface area contributed by atoms with Gasteiger partial charge in [0.05, 0.1) is 26.0 Å². The summed E-state index contributed by atoms with van der Waals surface area (Å²) in [5, 5.41) is 3.75. The van der Waals surface area contributed by atoms with Crippen LogP contribution in [0.1, 0.15) is 18.1 Å². The summed E-state index contributed by atoms with van der Waals surface area (Å²) in [5.74, 6) is 6.27. The number of hydrogen-bond acceptors (Lipinski definition) is 4. The van der Waals surface area contributed by atoms with E-state index in [9.17, 15) is 0 Å². The van der Waals surface area contributed by atoms with Gasteiger partial charge in [0.25, 0.3) is 0 Å². The van der Waals surface area contributed by atoms with Crippen molar-refractivity contribution in [2.45, 2.75) is 13.5 Å². The van der Waals surface area contributed by atoms with Crippen LogP contribution in [0.2, 0.25) is 0 Å². The molecule has 1 saturated heterocycles. The molecule has 2 rings (SSSR count). The number of nitrogens with one attached hydrogen (secondary N) is 1. The van der Waals surface area contributed by atoms with Crippen molar-refractivity contribution in [2.24, 2.45) is 10.9 Å². The number of morpholine rings is 1. The second-order valence-corrected chi connectivity index (χ2v) is 4.78. The maximum absolute atomic E-state index is 5.44. The topological polar surface area (TPSA) is 61.3 Å². The summed E-state index contributed by atoms with van der Waals surface area (Å²) in [6.07, 6.45) is 0. The van der Waals surface area contributed by atoms with Crippen molar-refractivity contribution in [1.82, 2.24) is 0 Å². The molecule has 0 atom stereocenters. The van der Waals surface area contributed by atoms with Gasteiger partial charge in [0.15, 0.2) is 0 Å². The normalized spacial score (nSPS) is 17.5. The minimum atomic E-state index is 0.834. The number of quaternary nitrogens is 1. The molecule has 0 amide bonds. The first kappa shape index (κ1) is 13.8. The van der Waals surface area contributed by atoms with Gasteiger partial charge in [-0.1, -0.05) is 0 Å². The molecule has 0 spiro atoms. The van der Waals surface area contributed by atoms with E-state index in [0.717, 1.165) is 49.9 Å². The molecular formula is C14H22N3O2+. The number of nitrogens with two attached hydrogens (primary N) is 1. The van der Waals surface area contributed by atoms with E-state index in [1.54, 1.807) is 7.11 Å². The Morgan fingerprint density at radius 1 is 1.42 bits per heavy atom. The summed E-state index contributed by atoms with van der Waals surface area (Å²) in [6, 6.07) is 6.09. The van der Waals surface area contributed by atoms with Gasteiger partial charge >= 0.3 is 0 Å². The van der Waals surface area contributed by atoms with Crippen molar-refractivity contribution >= 4 is 5.71 Å². The lowest BCUT2D eigenvalue weighted by atomic mass is 10.1. The second kappa shape index (κ2) is 6.54. The van der Waals surface area contributed by atoms with Gasteiger partial charge < -0.3 is 20.2 Å². The molecule has 0 aliphatic carbocycles. The quantitative estimate of drug-likeness (QED) is 0.449. The van der Waals surface area contributed by atoms with Crippen LogP contribution in [0.15, 0.2) is 23.3 Å². The van der Waals surface area contributed by atoms with Gasteiger partial charge in [0, 0.05) is 5.56 Å². The van der Waals surface area contributed by atoms with Crippen LogP contribution in [0.3, 0.4) is 0 Å². The lowest BCUT2D eigenvalue weighted by molar-refractivity contribution is -0.921. The molecule has 19 heavy (non-hydrogen) atoms. The van der Waals surface area contributed by atoms with Crippen LogP contribution in [-0.4, -0.2) is 39.1 Å². The fourth-order valence-electron chi connectivity index (χ4n) is 2.32. The van der Waals surface area contributed by atoms with E-state index in [1.165, 1.54) is 10.5 Å². The maximum atomic E-state index is 5.44. The van der Waals surface area contributed by atoms with E-state index < -0.39 is 0 Å². The molecule has 0 aromatic heterocycles. The average molecular weight is 264 g/mol. The van der Waals surface area contributed by atoms with Crippen LogP contribution >= 0.6 is 0 Å². The molecule has 1 aromatic rings. The zero-order valence-electron chi connectivity index (χ0n) is 11.6. The number of rotatable bonds is 4. The third kappa shape index (κ3) is 3.45. The monoisotopic (exact) mass is 264 g/mol. The van der Waals surface area contributed by atoms with Crippen molar-refractivity contribution in [1.29, 1.82) is 0 Å². The lowest BCUT2D eigenvalue weighted by Gasteiger charge is -2.24. The summed E-state index contributed by atoms with van der Waals surface area (Å²) >= 11 is 0. The van der Waals surface area contributed by atoms with Crippen LogP contribution in [-0.2, 0) is 11.3 Å². The van der Waals surface area contributed by atoms with Crippen LogP contribution in [0.5, 0.6) is 5.75 Å². The van der Waals surface area contributed by atoms with Crippen molar-refractivity contribution < 1.29 is 14.4 Å². The van der Waals surface area contributed by atoms with Gasteiger partial charge in [0.1, 0.15) is 25.4 Å². The van der Waals surface area contributed by atoms with Crippen molar-refractivity contribution in [3.05, 3.63) is 29.3 Å². The molecule has 1 heterocycles. The van der Waals surface area contributed by atoms with Gasteiger partial charge in [-0.15, -0.1) is 0 Å². The highest BCUT2D eigenvalue weighted by molar-refractivity contribution is 5.98. The number of hydrazone groups is 1. The molecule has 3 N–H and O–H groups in total. The number of ether oxygens (including phenoxy) is 2. The second-order valence-electron chi connectivity index (χ2n) is 4.78. The minimum absolute atomic E-state index is 0.834. The fourth-order valence-corrected chi connectivity index (χ4v) is 2.32. The van der Waals surface area contributed by atoms with E-state index in [0.29, 0.717) is 0 Å². The Morgan fingerprint density at radius 3 is 2.79 bits per heavy atom. The van der Waals surface area contributed by atoms with E-state index >= 15 is 0 Å². The Bertz CT molecular complexity index is 454. The van der Waals surface area contributed by atoms with Gasteiger partial charge in [-0.3, -0.25) is 0 Å². The first-order valence-corrected chi connectivity index (χ1v) is 6.57. The van der Waals surface area contributed by atoms with Crippen LogP contribution < -0.4 is 15.5 Å². The fraction of sp³-hybridized carbons (Fsp3) is 0.500. The Balaban J connectivity index is 2.20. The molecule has 1 aromatic carbocycles. The molecule has 0 radical (unpaired) electrons. The van der Waals surface area contributed by atoms with Gasteiger partial charge in [-0.05, 0) is 30.7 Å². The summed E-state index contributed by atoms with van der Waals surface area (Å²) in [5.41, 5.74) is 3.08. The predicted molar refractivity (Wildman–Crippen MR) is 74.6 cm³/mol. The van der Waals surface area contributed by atoms with Crippen LogP contribution in [0, 0.1) is 0 Å². The zero-order chi connectivity index (χ0) is 13.7. The Morgan fingerprint density at radius 2 is 2.16 bits per heavy atom. The number of methoxy groups -OCH3 is 1. The molecule has 104 valence electrons.